The molecule has 126 valence electrons. The highest BCUT2D eigenvalue weighted by atomic mass is 16.5. The first kappa shape index (κ1) is 17.7. The summed E-state index contributed by atoms with van der Waals surface area (Å²) in [5, 5.41) is 2.69. The van der Waals surface area contributed by atoms with E-state index in [1.807, 2.05) is 19.9 Å². The molecule has 0 aliphatic heterocycles. The van der Waals surface area contributed by atoms with Crippen LogP contribution in [0.2, 0.25) is 0 Å². The third-order valence-electron chi connectivity index (χ3n) is 3.41. The standard InChI is InChI=1S/C19H22N2O3/c1-3-12-24-16-7-5-15(6-8-16)17(22)9-11-19(23)21-18-10-4-14(2)13-20-18/h4-8,10,13H,3,9,11-12H2,1-2H3,(H,20,21,23). The van der Waals surface area contributed by atoms with Gasteiger partial charge in [0.25, 0.3) is 0 Å². The lowest BCUT2D eigenvalue weighted by molar-refractivity contribution is -0.116. The molecule has 0 fully saturated rings. The van der Waals surface area contributed by atoms with E-state index in [9.17, 15) is 9.59 Å². The Hall–Kier alpha value is -2.69. The highest BCUT2D eigenvalue weighted by molar-refractivity contribution is 5.99. The van der Waals surface area contributed by atoms with Crippen LogP contribution < -0.4 is 10.1 Å². The Kier molecular flexibility index (Phi) is 6.49. The number of aromatic nitrogens is 1. The van der Waals surface area contributed by atoms with Crippen LogP contribution in [0.5, 0.6) is 5.75 Å². The average molecular weight is 326 g/mol. The molecule has 0 atom stereocenters. The van der Waals surface area contributed by atoms with E-state index in [-0.39, 0.29) is 24.5 Å². The largest absolute Gasteiger partial charge is 0.494 e. The molecular formula is C19H22N2O3. The average Bonchev–Trinajstić information content (AvgIpc) is 2.60. The molecule has 2 rings (SSSR count). The van der Waals surface area contributed by atoms with Crippen LogP contribution in [0.15, 0.2) is 42.6 Å². The van der Waals surface area contributed by atoms with Gasteiger partial charge in [-0.3, -0.25) is 9.59 Å². The summed E-state index contributed by atoms with van der Waals surface area (Å²) < 4.78 is 5.48. The second-order valence-electron chi connectivity index (χ2n) is 5.56. The topological polar surface area (TPSA) is 68.3 Å². The van der Waals surface area contributed by atoms with Gasteiger partial charge in [-0.2, -0.15) is 0 Å². The first-order valence-electron chi connectivity index (χ1n) is 8.07. The van der Waals surface area contributed by atoms with Gasteiger partial charge in [0, 0.05) is 24.6 Å². The fourth-order valence-corrected chi connectivity index (χ4v) is 2.08. The Labute approximate surface area is 142 Å². The maximum Gasteiger partial charge on any atom is 0.225 e. The number of ketones is 1. The molecule has 5 heteroatoms. The number of rotatable bonds is 8. The fraction of sp³-hybridized carbons (Fsp3) is 0.316. The van der Waals surface area contributed by atoms with Gasteiger partial charge in [0.05, 0.1) is 6.61 Å². The normalized spacial score (nSPS) is 10.2. The number of anilines is 1. The Morgan fingerprint density at radius 1 is 1.08 bits per heavy atom. The molecule has 2 aromatic rings. The molecule has 0 radical (unpaired) electrons. The minimum Gasteiger partial charge on any atom is -0.494 e. The lowest BCUT2D eigenvalue weighted by atomic mass is 10.1. The molecular weight excluding hydrogens is 304 g/mol. The zero-order valence-corrected chi connectivity index (χ0v) is 14.0. The van der Waals surface area contributed by atoms with Gasteiger partial charge in [0.15, 0.2) is 5.78 Å². The van der Waals surface area contributed by atoms with Crippen LogP contribution in [-0.4, -0.2) is 23.3 Å². The first-order valence-corrected chi connectivity index (χ1v) is 8.07. The lowest BCUT2D eigenvalue weighted by Crippen LogP contribution is -2.14. The molecule has 0 spiro atoms. The van der Waals surface area contributed by atoms with Crippen LogP contribution in [0.3, 0.4) is 0 Å². The van der Waals surface area contributed by atoms with E-state index in [0.29, 0.717) is 18.0 Å². The molecule has 1 heterocycles. The Bertz CT molecular complexity index is 679. The molecule has 0 aliphatic rings. The minimum absolute atomic E-state index is 0.0657. The highest BCUT2D eigenvalue weighted by Crippen LogP contribution is 2.14. The Morgan fingerprint density at radius 3 is 2.46 bits per heavy atom. The van der Waals surface area contributed by atoms with Crippen LogP contribution in [-0.2, 0) is 4.79 Å². The number of Topliss-reactive ketones (excluding diaryl/α,β-unsaturated/α-hetero) is 1. The van der Waals surface area contributed by atoms with Crippen molar-refractivity contribution in [2.75, 3.05) is 11.9 Å². The molecule has 1 N–H and O–H groups in total. The molecule has 1 amide bonds. The second kappa shape index (κ2) is 8.82. The van der Waals surface area contributed by atoms with Crippen molar-refractivity contribution < 1.29 is 14.3 Å². The lowest BCUT2D eigenvalue weighted by Gasteiger charge is -2.06. The van der Waals surface area contributed by atoms with Crippen molar-refractivity contribution in [1.82, 2.24) is 4.98 Å². The molecule has 0 saturated carbocycles. The minimum atomic E-state index is -0.220. The number of nitrogens with zero attached hydrogens (tertiary/aromatic N) is 1. The SMILES string of the molecule is CCCOc1ccc(C(=O)CCC(=O)Nc2ccc(C)cn2)cc1. The van der Waals surface area contributed by atoms with Gasteiger partial charge in [-0.15, -0.1) is 0 Å². The van der Waals surface area contributed by atoms with Crippen LogP contribution in [0.1, 0.15) is 42.1 Å². The van der Waals surface area contributed by atoms with Crippen molar-refractivity contribution in [3.05, 3.63) is 53.7 Å². The summed E-state index contributed by atoms with van der Waals surface area (Å²) in [7, 11) is 0. The summed E-state index contributed by atoms with van der Waals surface area (Å²) >= 11 is 0. The van der Waals surface area contributed by atoms with Crippen molar-refractivity contribution in [2.45, 2.75) is 33.1 Å². The van der Waals surface area contributed by atoms with Crippen molar-refractivity contribution in [3.8, 4) is 5.75 Å². The van der Waals surface area contributed by atoms with Crippen LogP contribution in [0.4, 0.5) is 5.82 Å². The van der Waals surface area contributed by atoms with Crippen molar-refractivity contribution in [1.29, 1.82) is 0 Å². The predicted octanol–water partition coefficient (Wildman–Crippen LogP) is 3.78. The summed E-state index contributed by atoms with van der Waals surface area (Å²) in [5.74, 6) is 0.957. The predicted molar refractivity (Wildman–Crippen MR) is 93.4 cm³/mol. The smallest absolute Gasteiger partial charge is 0.225 e. The van der Waals surface area contributed by atoms with Crippen LogP contribution in [0, 0.1) is 6.92 Å². The Morgan fingerprint density at radius 2 is 1.83 bits per heavy atom. The summed E-state index contributed by atoms with van der Waals surface area (Å²) in [4.78, 5) is 28.1. The number of carbonyl (C=O) groups is 2. The number of benzene rings is 1. The fourth-order valence-electron chi connectivity index (χ4n) is 2.08. The number of nitrogens with one attached hydrogen (secondary N) is 1. The number of aryl methyl sites for hydroxylation is 1. The summed E-state index contributed by atoms with van der Waals surface area (Å²) in [5.41, 5.74) is 1.61. The quantitative estimate of drug-likeness (QED) is 0.750. The van der Waals surface area contributed by atoms with Gasteiger partial charge in [0.1, 0.15) is 11.6 Å². The monoisotopic (exact) mass is 326 g/mol. The van der Waals surface area contributed by atoms with E-state index >= 15 is 0 Å². The van der Waals surface area contributed by atoms with Crippen LogP contribution >= 0.6 is 0 Å². The van der Waals surface area contributed by atoms with Gasteiger partial charge in [-0.25, -0.2) is 4.98 Å². The second-order valence-corrected chi connectivity index (χ2v) is 5.56. The molecule has 1 aromatic carbocycles. The molecule has 0 unspecified atom stereocenters. The van der Waals surface area contributed by atoms with Crippen molar-refractivity contribution in [3.63, 3.8) is 0 Å². The third kappa shape index (κ3) is 5.50. The zero-order chi connectivity index (χ0) is 17.4. The van der Waals surface area contributed by atoms with E-state index < -0.39 is 0 Å². The number of amides is 1. The molecule has 0 saturated heterocycles. The van der Waals surface area contributed by atoms with Crippen LogP contribution in [0.25, 0.3) is 0 Å². The maximum absolute atomic E-state index is 12.1. The number of ether oxygens (including phenoxy) is 1. The maximum atomic E-state index is 12.1. The van der Waals surface area contributed by atoms with E-state index in [2.05, 4.69) is 10.3 Å². The molecule has 0 bridgehead atoms. The summed E-state index contributed by atoms with van der Waals surface area (Å²) in [6.45, 7) is 4.62. The van der Waals surface area contributed by atoms with E-state index in [0.717, 1.165) is 17.7 Å². The van der Waals surface area contributed by atoms with Crippen molar-refractivity contribution in [2.24, 2.45) is 0 Å². The summed E-state index contributed by atoms with van der Waals surface area (Å²) in [6, 6.07) is 10.6. The van der Waals surface area contributed by atoms with Gasteiger partial charge >= 0.3 is 0 Å². The zero-order valence-electron chi connectivity index (χ0n) is 14.0. The van der Waals surface area contributed by atoms with Gasteiger partial charge in [-0.1, -0.05) is 13.0 Å². The number of hydrogen-bond acceptors (Lipinski definition) is 4. The van der Waals surface area contributed by atoms with E-state index in [1.54, 1.807) is 36.5 Å². The third-order valence-corrected chi connectivity index (χ3v) is 3.41. The summed E-state index contributed by atoms with van der Waals surface area (Å²) in [6.07, 6.45) is 2.91. The van der Waals surface area contributed by atoms with Gasteiger partial charge < -0.3 is 10.1 Å². The number of pyridine rings is 1. The van der Waals surface area contributed by atoms with Crippen molar-refractivity contribution >= 4 is 17.5 Å². The number of carbonyl (C=O) groups excluding carboxylic acids is 2. The number of hydrogen-bond donors (Lipinski definition) is 1. The molecule has 0 aliphatic carbocycles. The van der Waals surface area contributed by atoms with E-state index in [1.165, 1.54) is 0 Å². The molecule has 1 aromatic heterocycles. The van der Waals surface area contributed by atoms with E-state index in [4.69, 9.17) is 4.74 Å². The van der Waals surface area contributed by atoms with Gasteiger partial charge in [0.2, 0.25) is 5.91 Å². The first-order chi connectivity index (χ1) is 11.6. The Balaban J connectivity index is 1.81. The highest BCUT2D eigenvalue weighted by Gasteiger charge is 2.10. The van der Waals surface area contributed by atoms with Gasteiger partial charge in [-0.05, 0) is 49.2 Å². The molecule has 24 heavy (non-hydrogen) atoms. The molecule has 5 nitrogen and oxygen atoms in total.